The SMILES string of the molecule is CNCCNC(C)CN. The first-order valence-electron chi connectivity index (χ1n) is 3.39. The molecule has 0 aromatic carbocycles. The number of hydrogen-bond donors (Lipinski definition) is 3. The molecule has 3 nitrogen and oxygen atoms in total. The lowest BCUT2D eigenvalue weighted by atomic mass is 10.3. The summed E-state index contributed by atoms with van der Waals surface area (Å²) in [5.74, 6) is 0. The van der Waals surface area contributed by atoms with E-state index in [0.29, 0.717) is 12.6 Å². The molecule has 0 aromatic heterocycles. The predicted molar refractivity (Wildman–Crippen MR) is 40.4 cm³/mol. The van der Waals surface area contributed by atoms with Gasteiger partial charge in [-0.15, -0.1) is 0 Å². The molecule has 0 rings (SSSR count). The Morgan fingerprint density at radius 2 is 2.11 bits per heavy atom. The van der Waals surface area contributed by atoms with Gasteiger partial charge in [-0.2, -0.15) is 0 Å². The van der Waals surface area contributed by atoms with Crippen LogP contribution in [0.25, 0.3) is 0 Å². The fourth-order valence-electron chi connectivity index (χ4n) is 0.527. The van der Waals surface area contributed by atoms with Gasteiger partial charge in [-0.05, 0) is 14.0 Å². The minimum Gasteiger partial charge on any atom is -0.329 e. The van der Waals surface area contributed by atoms with Crippen LogP contribution in [-0.2, 0) is 0 Å². The fourth-order valence-corrected chi connectivity index (χ4v) is 0.527. The van der Waals surface area contributed by atoms with Crippen molar-refractivity contribution in [3.8, 4) is 0 Å². The highest BCUT2D eigenvalue weighted by molar-refractivity contribution is 4.60. The van der Waals surface area contributed by atoms with Crippen molar-refractivity contribution in [2.24, 2.45) is 5.73 Å². The minimum atomic E-state index is 0.443. The van der Waals surface area contributed by atoms with Crippen LogP contribution in [-0.4, -0.2) is 32.7 Å². The van der Waals surface area contributed by atoms with Crippen LogP contribution in [0.15, 0.2) is 0 Å². The van der Waals surface area contributed by atoms with Crippen molar-refractivity contribution >= 4 is 0 Å². The Morgan fingerprint density at radius 3 is 2.56 bits per heavy atom. The highest BCUT2D eigenvalue weighted by Gasteiger charge is 1.93. The first kappa shape index (κ1) is 8.88. The molecule has 1 atom stereocenters. The van der Waals surface area contributed by atoms with E-state index in [1.165, 1.54) is 0 Å². The second kappa shape index (κ2) is 6.01. The average molecular weight is 131 g/mol. The number of hydrogen-bond acceptors (Lipinski definition) is 3. The quantitative estimate of drug-likeness (QED) is 0.426. The van der Waals surface area contributed by atoms with Gasteiger partial charge in [0.15, 0.2) is 0 Å². The summed E-state index contributed by atoms with van der Waals surface area (Å²) in [6.07, 6.45) is 0. The molecule has 56 valence electrons. The van der Waals surface area contributed by atoms with E-state index in [4.69, 9.17) is 5.73 Å². The van der Waals surface area contributed by atoms with E-state index in [2.05, 4.69) is 17.6 Å². The summed E-state index contributed by atoms with van der Waals surface area (Å²) in [4.78, 5) is 0. The third kappa shape index (κ3) is 5.76. The Kier molecular flexibility index (Phi) is 5.93. The zero-order valence-electron chi connectivity index (χ0n) is 6.28. The Morgan fingerprint density at radius 1 is 1.44 bits per heavy atom. The van der Waals surface area contributed by atoms with Crippen LogP contribution in [0.2, 0.25) is 0 Å². The van der Waals surface area contributed by atoms with Crippen molar-refractivity contribution in [2.45, 2.75) is 13.0 Å². The topological polar surface area (TPSA) is 50.1 Å². The Hall–Kier alpha value is -0.120. The van der Waals surface area contributed by atoms with Crippen LogP contribution < -0.4 is 16.4 Å². The zero-order valence-corrected chi connectivity index (χ0v) is 6.28. The molecule has 0 saturated heterocycles. The van der Waals surface area contributed by atoms with Gasteiger partial charge in [-0.3, -0.25) is 0 Å². The van der Waals surface area contributed by atoms with E-state index in [-0.39, 0.29) is 0 Å². The van der Waals surface area contributed by atoms with Crippen LogP contribution in [0.4, 0.5) is 0 Å². The van der Waals surface area contributed by atoms with Crippen molar-refractivity contribution in [3.05, 3.63) is 0 Å². The first-order chi connectivity index (χ1) is 4.31. The maximum Gasteiger partial charge on any atom is 0.0162 e. The average Bonchev–Trinajstić information content (AvgIpc) is 1.89. The maximum absolute atomic E-state index is 5.37. The molecule has 0 radical (unpaired) electrons. The van der Waals surface area contributed by atoms with E-state index >= 15 is 0 Å². The summed E-state index contributed by atoms with van der Waals surface area (Å²) in [6, 6.07) is 0.443. The Bertz CT molecular complexity index is 56.3. The largest absolute Gasteiger partial charge is 0.329 e. The van der Waals surface area contributed by atoms with E-state index in [9.17, 15) is 0 Å². The second-order valence-electron chi connectivity index (χ2n) is 2.19. The molecule has 1 unspecified atom stereocenters. The van der Waals surface area contributed by atoms with Crippen LogP contribution in [0.1, 0.15) is 6.92 Å². The summed E-state index contributed by atoms with van der Waals surface area (Å²) >= 11 is 0. The molecule has 0 aliphatic carbocycles. The lowest BCUT2D eigenvalue weighted by Crippen LogP contribution is -2.36. The van der Waals surface area contributed by atoms with Crippen molar-refractivity contribution in [2.75, 3.05) is 26.7 Å². The van der Waals surface area contributed by atoms with Gasteiger partial charge in [-0.1, -0.05) is 0 Å². The van der Waals surface area contributed by atoms with E-state index in [0.717, 1.165) is 13.1 Å². The fraction of sp³-hybridized carbons (Fsp3) is 1.00. The summed E-state index contributed by atoms with van der Waals surface area (Å²) in [6.45, 7) is 4.79. The Labute approximate surface area is 57.0 Å². The summed E-state index contributed by atoms with van der Waals surface area (Å²) in [5, 5.41) is 6.29. The van der Waals surface area contributed by atoms with Crippen molar-refractivity contribution in [3.63, 3.8) is 0 Å². The van der Waals surface area contributed by atoms with Gasteiger partial charge in [-0.25, -0.2) is 0 Å². The van der Waals surface area contributed by atoms with Crippen LogP contribution >= 0.6 is 0 Å². The van der Waals surface area contributed by atoms with Gasteiger partial charge in [0.25, 0.3) is 0 Å². The number of nitrogens with one attached hydrogen (secondary N) is 2. The molecule has 0 amide bonds. The summed E-state index contributed by atoms with van der Waals surface area (Å²) in [7, 11) is 1.94. The molecule has 4 N–H and O–H groups in total. The maximum atomic E-state index is 5.37. The third-order valence-electron chi connectivity index (χ3n) is 1.22. The molecular formula is C6H17N3. The third-order valence-corrected chi connectivity index (χ3v) is 1.22. The van der Waals surface area contributed by atoms with Gasteiger partial charge >= 0.3 is 0 Å². The first-order valence-corrected chi connectivity index (χ1v) is 3.39. The van der Waals surface area contributed by atoms with Gasteiger partial charge in [0.05, 0.1) is 0 Å². The molecular weight excluding hydrogens is 114 g/mol. The van der Waals surface area contributed by atoms with E-state index < -0.39 is 0 Å². The standard InChI is InChI=1S/C6H17N3/c1-6(5-7)9-4-3-8-2/h6,8-9H,3-5,7H2,1-2H3. The molecule has 0 aliphatic heterocycles. The monoisotopic (exact) mass is 131 g/mol. The van der Waals surface area contributed by atoms with Gasteiger partial charge in [0.1, 0.15) is 0 Å². The normalized spacial score (nSPS) is 13.7. The lowest BCUT2D eigenvalue weighted by Gasteiger charge is -2.09. The number of rotatable bonds is 5. The van der Waals surface area contributed by atoms with Gasteiger partial charge in [0, 0.05) is 25.7 Å². The molecule has 0 bridgehead atoms. The van der Waals surface area contributed by atoms with Crippen LogP contribution in [0.3, 0.4) is 0 Å². The van der Waals surface area contributed by atoms with Crippen LogP contribution in [0, 0.1) is 0 Å². The molecule has 0 fully saturated rings. The number of nitrogens with two attached hydrogens (primary N) is 1. The predicted octanol–water partition coefficient (Wildman–Crippen LogP) is -0.857. The lowest BCUT2D eigenvalue weighted by molar-refractivity contribution is 0.547. The van der Waals surface area contributed by atoms with Crippen LogP contribution in [0.5, 0.6) is 0 Å². The van der Waals surface area contributed by atoms with E-state index in [1.807, 2.05) is 7.05 Å². The second-order valence-corrected chi connectivity index (χ2v) is 2.19. The summed E-state index contributed by atoms with van der Waals surface area (Å²) < 4.78 is 0. The van der Waals surface area contributed by atoms with Gasteiger partial charge < -0.3 is 16.4 Å². The minimum absolute atomic E-state index is 0.443. The smallest absolute Gasteiger partial charge is 0.0162 e. The molecule has 0 saturated carbocycles. The highest BCUT2D eigenvalue weighted by atomic mass is 15.0. The number of likely N-dealkylation sites (N-methyl/N-ethyl adjacent to an activating group) is 1. The zero-order chi connectivity index (χ0) is 7.11. The molecule has 0 spiro atoms. The highest BCUT2D eigenvalue weighted by Crippen LogP contribution is 1.71. The molecule has 0 aliphatic rings. The Balaban J connectivity index is 2.88. The molecule has 3 heteroatoms. The van der Waals surface area contributed by atoms with Crippen molar-refractivity contribution in [1.29, 1.82) is 0 Å². The van der Waals surface area contributed by atoms with Crippen molar-refractivity contribution < 1.29 is 0 Å². The van der Waals surface area contributed by atoms with E-state index in [1.54, 1.807) is 0 Å². The van der Waals surface area contributed by atoms with Crippen molar-refractivity contribution in [1.82, 2.24) is 10.6 Å². The molecule has 9 heavy (non-hydrogen) atoms. The summed E-state index contributed by atoms with van der Waals surface area (Å²) in [5.41, 5.74) is 5.37. The molecule has 0 heterocycles. The molecule has 0 aromatic rings. The van der Waals surface area contributed by atoms with Gasteiger partial charge in [0.2, 0.25) is 0 Å².